The van der Waals surface area contributed by atoms with Gasteiger partial charge in [0.1, 0.15) is 6.61 Å². The third-order valence-electron chi connectivity index (χ3n) is 5.22. The summed E-state index contributed by atoms with van der Waals surface area (Å²) in [7, 11) is 1.64. The van der Waals surface area contributed by atoms with Gasteiger partial charge in [-0.2, -0.15) is 5.10 Å². The van der Waals surface area contributed by atoms with Crippen LogP contribution in [0.25, 0.3) is 0 Å². The van der Waals surface area contributed by atoms with E-state index >= 15 is 0 Å². The molecule has 2 aromatic rings. The van der Waals surface area contributed by atoms with Gasteiger partial charge in [-0.25, -0.2) is 0 Å². The van der Waals surface area contributed by atoms with E-state index < -0.39 is 0 Å². The molecule has 0 bridgehead atoms. The van der Waals surface area contributed by atoms with Crippen molar-refractivity contribution < 1.29 is 14.3 Å². The number of rotatable bonds is 3. The molecule has 1 N–H and O–H groups in total. The van der Waals surface area contributed by atoms with Crippen LogP contribution in [-0.2, 0) is 11.2 Å². The van der Waals surface area contributed by atoms with E-state index in [1.807, 2.05) is 29.2 Å². The minimum atomic E-state index is -0.125. The molecule has 0 saturated carbocycles. The lowest BCUT2D eigenvalue weighted by atomic mass is 9.91. The number of H-pyrrole nitrogens is 1. The van der Waals surface area contributed by atoms with Crippen LogP contribution in [0.4, 0.5) is 0 Å². The van der Waals surface area contributed by atoms with Gasteiger partial charge in [-0.15, -0.1) is 0 Å². The van der Waals surface area contributed by atoms with Gasteiger partial charge < -0.3 is 14.4 Å². The Bertz CT molecular complexity index is 744. The molecule has 1 amide bonds. The molecule has 1 aromatic heterocycles. The summed E-state index contributed by atoms with van der Waals surface area (Å²) in [6.45, 7) is 1.99. The number of hydrogen-bond acceptors (Lipinski definition) is 4. The number of fused-ring (bicyclic) bond motifs is 1. The highest BCUT2D eigenvalue weighted by Crippen LogP contribution is 2.37. The predicted molar refractivity (Wildman–Crippen MR) is 92.8 cm³/mol. The van der Waals surface area contributed by atoms with E-state index in [0.29, 0.717) is 18.9 Å². The van der Waals surface area contributed by atoms with Gasteiger partial charge in [-0.1, -0.05) is 12.1 Å². The molecule has 25 heavy (non-hydrogen) atoms. The Morgan fingerprint density at radius 3 is 3.12 bits per heavy atom. The molecule has 6 heteroatoms. The molecular formula is C19H23N3O3. The second-order valence-corrected chi connectivity index (χ2v) is 6.80. The van der Waals surface area contributed by atoms with Crippen molar-refractivity contribution >= 4 is 5.91 Å². The van der Waals surface area contributed by atoms with E-state index in [1.165, 1.54) is 0 Å². The maximum Gasteiger partial charge on any atom is 0.229 e. The fourth-order valence-corrected chi connectivity index (χ4v) is 3.90. The van der Waals surface area contributed by atoms with Gasteiger partial charge in [0.25, 0.3) is 0 Å². The van der Waals surface area contributed by atoms with Crippen LogP contribution in [-0.4, -0.2) is 47.8 Å². The molecule has 1 saturated heterocycles. The Morgan fingerprint density at radius 2 is 2.32 bits per heavy atom. The Morgan fingerprint density at radius 1 is 1.40 bits per heavy atom. The second kappa shape index (κ2) is 6.78. The summed E-state index contributed by atoms with van der Waals surface area (Å²) in [5.41, 5.74) is 2.17. The lowest BCUT2D eigenvalue weighted by molar-refractivity contribution is -0.138. The number of piperidine rings is 1. The first kappa shape index (κ1) is 16.0. The topological polar surface area (TPSA) is 67.5 Å². The molecule has 2 aliphatic rings. The number of amides is 1. The highest BCUT2D eigenvalue weighted by Gasteiger charge is 2.33. The van der Waals surface area contributed by atoms with Gasteiger partial charge >= 0.3 is 0 Å². The molecule has 0 aliphatic carbocycles. The summed E-state index contributed by atoms with van der Waals surface area (Å²) in [6, 6.07) is 7.86. The van der Waals surface area contributed by atoms with Crippen LogP contribution in [0.5, 0.6) is 11.5 Å². The van der Waals surface area contributed by atoms with E-state index in [4.69, 9.17) is 9.47 Å². The van der Waals surface area contributed by atoms with Crippen LogP contribution in [0.1, 0.15) is 30.0 Å². The summed E-state index contributed by atoms with van der Waals surface area (Å²) in [5, 5.41) is 7.08. The van der Waals surface area contributed by atoms with Gasteiger partial charge in [0.15, 0.2) is 11.5 Å². The first-order chi connectivity index (χ1) is 12.3. The number of aromatic nitrogens is 2. The van der Waals surface area contributed by atoms with Gasteiger partial charge in [0.05, 0.1) is 13.0 Å². The first-order valence-electron chi connectivity index (χ1n) is 8.83. The predicted octanol–water partition coefficient (Wildman–Crippen LogP) is 2.38. The van der Waals surface area contributed by atoms with Crippen LogP contribution in [0.3, 0.4) is 0 Å². The number of ether oxygens (including phenoxy) is 2. The minimum absolute atomic E-state index is 0.125. The molecule has 4 rings (SSSR count). The van der Waals surface area contributed by atoms with E-state index in [0.717, 1.165) is 48.7 Å². The standard InChI is InChI=1S/C19H23N3O3/c1-24-17-6-2-4-13-10-15(12-25-18(13)17)19(23)22-9-3-5-14(11-22)16-7-8-20-21-16/h2,4,6-8,14-15H,3,5,9-12H2,1H3,(H,20,21). The molecule has 3 heterocycles. The zero-order valence-corrected chi connectivity index (χ0v) is 14.4. The van der Waals surface area contributed by atoms with Crippen molar-refractivity contribution in [2.24, 2.45) is 5.92 Å². The monoisotopic (exact) mass is 341 g/mol. The van der Waals surface area contributed by atoms with Crippen molar-refractivity contribution in [1.82, 2.24) is 15.1 Å². The minimum Gasteiger partial charge on any atom is -0.493 e. The SMILES string of the molecule is COc1cccc2c1OCC(C(=O)N1CCCC(c3ccn[nH]3)C1)C2. The number of nitrogens with one attached hydrogen (secondary N) is 1. The van der Waals surface area contributed by atoms with Crippen LogP contribution in [0.2, 0.25) is 0 Å². The van der Waals surface area contributed by atoms with Crippen molar-refractivity contribution in [1.29, 1.82) is 0 Å². The molecule has 2 aliphatic heterocycles. The first-order valence-corrected chi connectivity index (χ1v) is 8.83. The van der Waals surface area contributed by atoms with Gasteiger partial charge in [0.2, 0.25) is 5.91 Å². The van der Waals surface area contributed by atoms with Crippen molar-refractivity contribution in [2.75, 3.05) is 26.8 Å². The number of aromatic amines is 1. The zero-order chi connectivity index (χ0) is 17.2. The average molecular weight is 341 g/mol. The number of carbonyl (C=O) groups excluding carboxylic acids is 1. The van der Waals surface area contributed by atoms with Crippen LogP contribution >= 0.6 is 0 Å². The van der Waals surface area contributed by atoms with Crippen LogP contribution < -0.4 is 9.47 Å². The Hall–Kier alpha value is -2.50. The summed E-state index contributed by atoms with van der Waals surface area (Å²) >= 11 is 0. The number of likely N-dealkylation sites (tertiary alicyclic amines) is 1. The van der Waals surface area contributed by atoms with Crippen molar-refractivity contribution in [3.8, 4) is 11.5 Å². The molecule has 6 nitrogen and oxygen atoms in total. The summed E-state index contributed by atoms with van der Waals surface area (Å²) in [4.78, 5) is 15.0. The van der Waals surface area contributed by atoms with Crippen molar-refractivity contribution in [3.63, 3.8) is 0 Å². The smallest absolute Gasteiger partial charge is 0.229 e. The number of methoxy groups -OCH3 is 1. The van der Waals surface area contributed by atoms with Crippen LogP contribution in [0, 0.1) is 5.92 Å². The molecule has 0 radical (unpaired) electrons. The zero-order valence-electron chi connectivity index (χ0n) is 14.4. The second-order valence-electron chi connectivity index (χ2n) is 6.80. The van der Waals surface area contributed by atoms with Gasteiger partial charge in [-0.3, -0.25) is 9.89 Å². The molecule has 2 unspecified atom stereocenters. The molecule has 1 fully saturated rings. The average Bonchev–Trinajstić information content (AvgIpc) is 3.21. The summed E-state index contributed by atoms with van der Waals surface area (Å²) in [5.74, 6) is 1.93. The number of benzene rings is 1. The molecular weight excluding hydrogens is 318 g/mol. The number of hydrogen-bond donors (Lipinski definition) is 1. The van der Waals surface area contributed by atoms with Crippen molar-refractivity contribution in [2.45, 2.75) is 25.2 Å². The lowest BCUT2D eigenvalue weighted by Crippen LogP contribution is -2.45. The van der Waals surface area contributed by atoms with Crippen LogP contribution in [0.15, 0.2) is 30.5 Å². The van der Waals surface area contributed by atoms with E-state index in [2.05, 4.69) is 10.2 Å². The number of para-hydroxylation sites is 1. The normalized spacial score (nSPS) is 22.8. The molecule has 132 valence electrons. The molecule has 1 aromatic carbocycles. The summed E-state index contributed by atoms with van der Waals surface area (Å²) < 4.78 is 11.2. The van der Waals surface area contributed by atoms with Gasteiger partial charge in [0, 0.05) is 30.9 Å². The fraction of sp³-hybridized carbons (Fsp3) is 0.474. The largest absolute Gasteiger partial charge is 0.493 e. The van der Waals surface area contributed by atoms with E-state index in [9.17, 15) is 4.79 Å². The van der Waals surface area contributed by atoms with E-state index in [1.54, 1.807) is 13.3 Å². The quantitative estimate of drug-likeness (QED) is 0.931. The maximum absolute atomic E-state index is 13.0. The summed E-state index contributed by atoms with van der Waals surface area (Å²) in [6.07, 6.45) is 4.59. The number of carbonyl (C=O) groups is 1. The van der Waals surface area contributed by atoms with Gasteiger partial charge in [-0.05, 0) is 37.0 Å². The third-order valence-corrected chi connectivity index (χ3v) is 5.22. The Labute approximate surface area is 147 Å². The number of nitrogens with zero attached hydrogens (tertiary/aromatic N) is 2. The molecule has 0 spiro atoms. The maximum atomic E-state index is 13.0. The Kier molecular flexibility index (Phi) is 4.34. The Balaban J connectivity index is 1.46. The highest BCUT2D eigenvalue weighted by molar-refractivity contribution is 5.80. The van der Waals surface area contributed by atoms with E-state index in [-0.39, 0.29) is 11.8 Å². The molecule has 2 atom stereocenters. The highest BCUT2D eigenvalue weighted by atomic mass is 16.5. The third kappa shape index (κ3) is 3.08. The van der Waals surface area contributed by atoms with Crippen molar-refractivity contribution in [3.05, 3.63) is 41.7 Å². The fourth-order valence-electron chi connectivity index (χ4n) is 3.90. The lowest BCUT2D eigenvalue weighted by Gasteiger charge is -2.36.